The third-order valence-electron chi connectivity index (χ3n) is 4.15. The fourth-order valence-electron chi connectivity index (χ4n) is 2.92. The fourth-order valence-corrected chi connectivity index (χ4v) is 2.92. The Balaban J connectivity index is 1.91. The van der Waals surface area contributed by atoms with Crippen molar-refractivity contribution < 1.29 is 13.2 Å². The average molecular weight is 366 g/mol. The molecule has 0 bridgehead atoms. The molecule has 4 aromatic rings. The third kappa shape index (κ3) is 3.08. The van der Waals surface area contributed by atoms with E-state index < -0.39 is 17.5 Å². The van der Waals surface area contributed by atoms with Crippen molar-refractivity contribution in [3.8, 4) is 22.5 Å². The Bertz CT molecular complexity index is 1120. The lowest BCUT2D eigenvalue weighted by Gasteiger charge is -2.11. The molecule has 134 valence electrons. The highest BCUT2D eigenvalue weighted by Gasteiger charge is 2.16. The highest BCUT2D eigenvalue weighted by Crippen LogP contribution is 2.32. The molecule has 0 saturated heterocycles. The monoisotopic (exact) mass is 366 g/mol. The molecule has 0 aliphatic carbocycles. The summed E-state index contributed by atoms with van der Waals surface area (Å²) >= 11 is 0. The molecule has 0 aliphatic heterocycles. The first-order valence-electron chi connectivity index (χ1n) is 8.11. The Hall–Kier alpha value is -3.48. The predicted octanol–water partition coefficient (Wildman–Crippen LogP) is 4.82. The van der Waals surface area contributed by atoms with E-state index in [1.165, 1.54) is 0 Å². The van der Waals surface area contributed by atoms with E-state index in [1.54, 1.807) is 43.7 Å². The maximum absolute atomic E-state index is 14.1. The van der Waals surface area contributed by atoms with Gasteiger partial charge in [0.25, 0.3) is 0 Å². The van der Waals surface area contributed by atoms with Gasteiger partial charge in [0.15, 0.2) is 5.82 Å². The van der Waals surface area contributed by atoms with Crippen LogP contribution in [0.3, 0.4) is 0 Å². The fraction of sp³-hybridized carbons (Fsp3) is 0.0500. The molecule has 0 unspecified atom stereocenters. The third-order valence-corrected chi connectivity index (χ3v) is 4.15. The molecule has 0 amide bonds. The van der Waals surface area contributed by atoms with E-state index in [0.717, 1.165) is 5.56 Å². The minimum atomic E-state index is -0.967. The Kier molecular flexibility index (Phi) is 4.19. The van der Waals surface area contributed by atoms with E-state index in [1.807, 2.05) is 6.07 Å². The van der Waals surface area contributed by atoms with Gasteiger partial charge in [-0.3, -0.25) is 4.98 Å². The molecule has 2 aromatic carbocycles. The SMILES string of the molecule is CNc1nc(-c2cccnc2)nc2ccc(-c3c(F)cc(F)cc3F)cc12. The number of nitrogens with one attached hydrogen (secondary N) is 1. The Morgan fingerprint density at radius 1 is 0.889 bits per heavy atom. The molecular formula is C20H13F3N4. The summed E-state index contributed by atoms with van der Waals surface area (Å²) in [4.78, 5) is 13.0. The zero-order valence-electron chi connectivity index (χ0n) is 14.2. The Labute approximate surface area is 152 Å². The van der Waals surface area contributed by atoms with Gasteiger partial charge in [-0.2, -0.15) is 0 Å². The summed E-state index contributed by atoms with van der Waals surface area (Å²) in [6.07, 6.45) is 3.31. The molecule has 0 aliphatic rings. The lowest BCUT2D eigenvalue weighted by atomic mass is 10.0. The molecule has 4 rings (SSSR count). The van der Waals surface area contributed by atoms with Crippen molar-refractivity contribution >= 4 is 16.7 Å². The Morgan fingerprint density at radius 2 is 1.67 bits per heavy atom. The first-order chi connectivity index (χ1) is 13.1. The maximum atomic E-state index is 14.1. The molecule has 0 spiro atoms. The van der Waals surface area contributed by atoms with E-state index in [0.29, 0.717) is 34.7 Å². The number of nitrogens with zero attached hydrogens (tertiary/aromatic N) is 3. The number of pyridine rings is 1. The minimum Gasteiger partial charge on any atom is -0.373 e. The van der Waals surface area contributed by atoms with Crippen molar-refractivity contribution in [2.75, 3.05) is 12.4 Å². The van der Waals surface area contributed by atoms with Crippen LogP contribution in [0.25, 0.3) is 33.4 Å². The van der Waals surface area contributed by atoms with Crippen LogP contribution in [0.1, 0.15) is 0 Å². The van der Waals surface area contributed by atoms with E-state index in [2.05, 4.69) is 20.3 Å². The number of benzene rings is 2. The van der Waals surface area contributed by atoms with Crippen molar-refractivity contribution in [3.63, 3.8) is 0 Å². The molecule has 0 atom stereocenters. The van der Waals surface area contributed by atoms with Gasteiger partial charge in [-0.25, -0.2) is 23.1 Å². The zero-order chi connectivity index (χ0) is 19.0. The second-order valence-electron chi connectivity index (χ2n) is 5.86. The van der Waals surface area contributed by atoms with E-state index in [9.17, 15) is 13.2 Å². The van der Waals surface area contributed by atoms with Crippen LogP contribution in [0.2, 0.25) is 0 Å². The van der Waals surface area contributed by atoms with Gasteiger partial charge in [-0.15, -0.1) is 0 Å². The highest BCUT2D eigenvalue weighted by molar-refractivity contribution is 5.94. The van der Waals surface area contributed by atoms with Gasteiger partial charge in [0, 0.05) is 42.5 Å². The lowest BCUT2D eigenvalue weighted by molar-refractivity contribution is 0.548. The van der Waals surface area contributed by atoms with E-state index >= 15 is 0 Å². The molecule has 0 radical (unpaired) electrons. The van der Waals surface area contributed by atoms with Crippen LogP contribution < -0.4 is 5.32 Å². The normalized spacial score (nSPS) is 11.0. The van der Waals surface area contributed by atoms with Gasteiger partial charge in [0.1, 0.15) is 23.3 Å². The summed E-state index contributed by atoms with van der Waals surface area (Å²) in [5.41, 5.74) is 1.32. The molecule has 27 heavy (non-hydrogen) atoms. The van der Waals surface area contributed by atoms with Gasteiger partial charge in [0.2, 0.25) is 0 Å². The molecule has 4 nitrogen and oxygen atoms in total. The average Bonchev–Trinajstić information content (AvgIpc) is 2.67. The van der Waals surface area contributed by atoms with Crippen molar-refractivity contribution in [2.45, 2.75) is 0 Å². The van der Waals surface area contributed by atoms with Crippen LogP contribution in [-0.2, 0) is 0 Å². The van der Waals surface area contributed by atoms with E-state index in [-0.39, 0.29) is 11.1 Å². The number of rotatable bonds is 3. The second-order valence-corrected chi connectivity index (χ2v) is 5.86. The number of halogens is 3. The molecule has 2 heterocycles. The summed E-state index contributed by atoms with van der Waals surface area (Å²) < 4.78 is 41.4. The summed E-state index contributed by atoms with van der Waals surface area (Å²) in [6, 6.07) is 9.70. The molecule has 2 aromatic heterocycles. The summed E-state index contributed by atoms with van der Waals surface area (Å²) in [5.74, 6) is -1.91. The van der Waals surface area contributed by atoms with Crippen molar-refractivity contribution in [1.82, 2.24) is 15.0 Å². The largest absolute Gasteiger partial charge is 0.373 e. The number of fused-ring (bicyclic) bond motifs is 1. The smallest absolute Gasteiger partial charge is 0.163 e. The molecule has 1 N–H and O–H groups in total. The number of hydrogen-bond donors (Lipinski definition) is 1. The first kappa shape index (κ1) is 17.0. The highest BCUT2D eigenvalue weighted by atomic mass is 19.1. The molecule has 7 heteroatoms. The summed E-state index contributed by atoms with van der Waals surface area (Å²) in [5, 5.41) is 3.57. The summed E-state index contributed by atoms with van der Waals surface area (Å²) in [7, 11) is 1.69. The van der Waals surface area contributed by atoms with E-state index in [4.69, 9.17) is 0 Å². The number of hydrogen-bond acceptors (Lipinski definition) is 4. The van der Waals surface area contributed by atoms with Crippen LogP contribution in [0.4, 0.5) is 19.0 Å². The number of anilines is 1. The standard InChI is InChI=1S/C20H13F3N4/c1-24-20-14-7-11(18-15(22)8-13(21)9-16(18)23)4-5-17(14)26-19(27-20)12-3-2-6-25-10-12/h2-10H,1H3,(H,24,26,27). The van der Waals surface area contributed by atoms with Crippen molar-refractivity contribution in [1.29, 1.82) is 0 Å². The zero-order valence-corrected chi connectivity index (χ0v) is 14.2. The molecule has 0 saturated carbocycles. The van der Waals surface area contributed by atoms with Gasteiger partial charge in [-0.1, -0.05) is 6.07 Å². The van der Waals surface area contributed by atoms with Crippen LogP contribution >= 0.6 is 0 Å². The second kappa shape index (κ2) is 6.68. The van der Waals surface area contributed by atoms with Gasteiger partial charge in [-0.05, 0) is 29.8 Å². The minimum absolute atomic E-state index is 0.270. The molecular weight excluding hydrogens is 353 g/mol. The number of aromatic nitrogens is 3. The summed E-state index contributed by atoms with van der Waals surface area (Å²) in [6.45, 7) is 0. The molecule has 0 fully saturated rings. The quantitative estimate of drug-likeness (QED) is 0.565. The van der Waals surface area contributed by atoms with Crippen molar-refractivity contribution in [3.05, 3.63) is 72.3 Å². The lowest BCUT2D eigenvalue weighted by Crippen LogP contribution is -2.00. The van der Waals surface area contributed by atoms with Gasteiger partial charge in [0.05, 0.1) is 11.1 Å². The predicted molar refractivity (Wildman–Crippen MR) is 97.6 cm³/mol. The van der Waals surface area contributed by atoms with Crippen molar-refractivity contribution in [2.24, 2.45) is 0 Å². The topological polar surface area (TPSA) is 50.7 Å². The van der Waals surface area contributed by atoms with Crippen LogP contribution in [0, 0.1) is 17.5 Å². The van der Waals surface area contributed by atoms with Crippen LogP contribution in [0.15, 0.2) is 54.9 Å². The van der Waals surface area contributed by atoms with Crippen LogP contribution in [-0.4, -0.2) is 22.0 Å². The maximum Gasteiger partial charge on any atom is 0.163 e. The first-order valence-corrected chi connectivity index (χ1v) is 8.11. The van der Waals surface area contributed by atoms with Crippen LogP contribution in [0.5, 0.6) is 0 Å². The van der Waals surface area contributed by atoms with Gasteiger partial charge < -0.3 is 5.32 Å². The van der Waals surface area contributed by atoms with Gasteiger partial charge >= 0.3 is 0 Å². The Morgan fingerprint density at radius 3 is 2.33 bits per heavy atom.